The van der Waals surface area contributed by atoms with Crippen molar-refractivity contribution in [3.63, 3.8) is 0 Å². The van der Waals surface area contributed by atoms with Crippen molar-refractivity contribution in [3.8, 4) is 6.19 Å². The highest BCUT2D eigenvalue weighted by Gasteiger charge is 2.30. The van der Waals surface area contributed by atoms with E-state index in [0.717, 1.165) is 44.5 Å². The SMILES string of the molecule is N#CNC(=NCCc1cnc[nH]1)NC1CCCCN(CC(=O)N2CCCC2)C1=O. The van der Waals surface area contributed by atoms with Crippen molar-refractivity contribution in [1.29, 1.82) is 5.26 Å². The molecule has 0 aromatic carbocycles. The van der Waals surface area contributed by atoms with Crippen molar-refractivity contribution >= 4 is 17.8 Å². The predicted molar refractivity (Wildman–Crippen MR) is 107 cm³/mol. The summed E-state index contributed by atoms with van der Waals surface area (Å²) in [5.41, 5.74) is 0.946. The molecule has 2 saturated heterocycles. The summed E-state index contributed by atoms with van der Waals surface area (Å²) in [6.07, 6.45) is 10.3. The topological polar surface area (TPSA) is 130 Å². The third-order valence-electron chi connectivity index (χ3n) is 5.26. The molecule has 29 heavy (non-hydrogen) atoms. The fourth-order valence-electron chi connectivity index (χ4n) is 3.67. The number of aromatic nitrogens is 2. The number of hydrogen-bond acceptors (Lipinski definition) is 5. The molecule has 1 unspecified atom stereocenters. The van der Waals surface area contributed by atoms with Crippen molar-refractivity contribution in [2.45, 2.75) is 44.6 Å². The summed E-state index contributed by atoms with van der Waals surface area (Å²) in [5.74, 6) is 0.175. The summed E-state index contributed by atoms with van der Waals surface area (Å²) in [7, 11) is 0. The second-order valence-corrected chi connectivity index (χ2v) is 7.33. The molecule has 10 nitrogen and oxygen atoms in total. The van der Waals surface area contributed by atoms with Crippen LogP contribution in [0.4, 0.5) is 0 Å². The van der Waals surface area contributed by atoms with E-state index in [1.54, 1.807) is 17.4 Å². The van der Waals surface area contributed by atoms with Gasteiger partial charge in [-0.25, -0.2) is 4.98 Å². The van der Waals surface area contributed by atoms with Gasteiger partial charge in [0.05, 0.1) is 12.9 Å². The number of rotatable bonds is 6. The maximum Gasteiger partial charge on any atom is 0.245 e. The average Bonchev–Trinajstić information content (AvgIpc) is 3.40. The van der Waals surface area contributed by atoms with Crippen molar-refractivity contribution < 1.29 is 9.59 Å². The van der Waals surface area contributed by atoms with E-state index in [4.69, 9.17) is 5.26 Å². The Kier molecular flexibility index (Phi) is 7.44. The van der Waals surface area contributed by atoms with Crippen molar-refractivity contribution in [2.75, 3.05) is 32.7 Å². The minimum Gasteiger partial charge on any atom is -0.348 e. The van der Waals surface area contributed by atoms with E-state index in [-0.39, 0.29) is 24.3 Å². The van der Waals surface area contributed by atoms with Gasteiger partial charge in [-0.1, -0.05) is 0 Å². The maximum absolute atomic E-state index is 13.0. The van der Waals surface area contributed by atoms with E-state index in [0.29, 0.717) is 25.9 Å². The Hall–Kier alpha value is -3.09. The Bertz CT molecular complexity index is 749. The number of likely N-dealkylation sites (tertiary alicyclic amines) is 2. The van der Waals surface area contributed by atoms with Gasteiger partial charge >= 0.3 is 0 Å². The molecular formula is C19H28N8O2. The van der Waals surface area contributed by atoms with Gasteiger partial charge in [0, 0.05) is 44.5 Å². The van der Waals surface area contributed by atoms with Crippen LogP contribution in [0, 0.1) is 11.5 Å². The molecule has 0 spiro atoms. The first-order valence-corrected chi connectivity index (χ1v) is 10.2. The molecule has 0 bridgehead atoms. The number of guanidine groups is 1. The quantitative estimate of drug-likeness (QED) is 0.266. The second-order valence-electron chi connectivity index (χ2n) is 7.33. The number of nitrogens with one attached hydrogen (secondary N) is 3. The number of carbonyl (C=O) groups is 2. The molecule has 10 heteroatoms. The summed E-state index contributed by atoms with van der Waals surface area (Å²) in [6.45, 7) is 2.70. The van der Waals surface area contributed by atoms with Gasteiger partial charge in [0.2, 0.25) is 17.8 Å². The Balaban J connectivity index is 1.59. The van der Waals surface area contributed by atoms with Gasteiger partial charge in [-0.3, -0.25) is 19.9 Å². The molecule has 2 aliphatic rings. The number of aliphatic imine (C=N–C) groups is 1. The van der Waals surface area contributed by atoms with E-state index in [1.165, 1.54) is 0 Å². The molecule has 3 heterocycles. The molecular weight excluding hydrogens is 372 g/mol. The van der Waals surface area contributed by atoms with E-state index in [2.05, 4.69) is 25.6 Å². The first-order chi connectivity index (χ1) is 14.2. The Labute approximate surface area is 170 Å². The van der Waals surface area contributed by atoms with Gasteiger partial charge in [-0.05, 0) is 32.1 Å². The fourth-order valence-corrected chi connectivity index (χ4v) is 3.67. The van der Waals surface area contributed by atoms with Crippen LogP contribution in [-0.4, -0.2) is 76.3 Å². The number of imidazole rings is 1. The summed E-state index contributed by atoms with van der Waals surface area (Å²) < 4.78 is 0. The molecule has 0 saturated carbocycles. The minimum atomic E-state index is -0.504. The number of hydrogen-bond donors (Lipinski definition) is 3. The van der Waals surface area contributed by atoms with Crippen LogP contribution in [0.5, 0.6) is 0 Å². The molecule has 3 N–H and O–H groups in total. The van der Waals surface area contributed by atoms with Gasteiger partial charge in [-0.15, -0.1) is 0 Å². The van der Waals surface area contributed by atoms with Crippen LogP contribution in [0.2, 0.25) is 0 Å². The average molecular weight is 400 g/mol. The van der Waals surface area contributed by atoms with Crippen LogP contribution in [-0.2, 0) is 16.0 Å². The fraction of sp³-hybridized carbons (Fsp3) is 0.632. The smallest absolute Gasteiger partial charge is 0.245 e. The van der Waals surface area contributed by atoms with Gasteiger partial charge < -0.3 is 20.1 Å². The van der Waals surface area contributed by atoms with E-state index >= 15 is 0 Å². The number of nitrogens with zero attached hydrogens (tertiary/aromatic N) is 5. The molecule has 2 amide bonds. The van der Waals surface area contributed by atoms with Crippen LogP contribution in [0.1, 0.15) is 37.8 Å². The Morgan fingerprint density at radius 1 is 1.31 bits per heavy atom. The monoisotopic (exact) mass is 400 g/mol. The lowest BCUT2D eigenvalue weighted by atomic mass is 10.1. The molecule has 2 aliphatic heterocycles. The van der Waals surface area contributed by atoms with Gasteiger partial charge in [0.25, 0.3) is 0 Å². The van der Waals surface area contributed by atoms with Crippen LogP contribution in [0.3, 0.4) is 0 Å². The molecule has 1 aromatic heterocycles. The summed E-state index contributed by atoms with van der Waals surface area (Å²) in [5, 5.41) is 14.6. The molecule has 1 atom stereocenters. The molecule has 156 valence electrons. The minimum absolute atomic E-state index is 0.0140. The highest BCUT2D eigenvalue weighted by atomic mass is 16.2. The third-order valence-corrected chi connectivity index (χ3v) is 5.26. The van der Waals surface area contributed by atoms with Crippen LogP contribution in [0.25, 0.3) is 0 Å². The van der Waals surface area contributed by atoms with Crippen molar-refractivity contribution in [3.05, 3.63) is 18.2 Å². The number of H-pyrrole nitrogens is 1. The highest BCUT2D eigenvalue weighted by molar-refractivity contribution is 5.92. The summed E-state index contributed by atoms with van der Waals surface area (Å²) >= 11 is 0. The lowest BCUT2D eigenvalue weighted by Crippen LogP contribution is -2.52. The zero-order valence-electron chi connectivity index (χ0n) is 16.6. The number of amides is 2. The van der Waals surface area contributed by atoms with Crippen LogP contribution >= 0.6 is 0 Å². The van der Waals surface area contributed by atoms with Gasteiger partial charge in [-0.2, -0.15) is 5.26 Å². The maximum atomic E-state index is 13.0. The van der Waals surface area contributed by atoms with Gasteiger partial charge in [0.15, 0.2) is 6.19 Å². The normalized spacial score (nSPS) is 20.3. The highest BCUT2D eigenvalue weighted by Crippen LogP contribution is 2.14. The standard InChI is InChI=1S/C19H28N8O2/c20-13-23-19(22-7-6-15-11-21-14-24-15)25-16-5-1-2-10-27(18(16)29)12-17(28)26-8-3-4-9-26/h11,14,16H,1-10,12H2,(H,21,24)(H2,22,23,25). The molecule has 0 aliphatic carbocycles. The number of carbonyl (C=O) groups excluding carboxylic acids is 2. The summed E-state index contributed by atoms with van der Waals surface area (Å²) in [6, 6.07) is -0.504. The first kappa shape index (κ1) is 20.6. The lowest BCUT2D eigenvalue weighted by molar-refractivity contribution is -0.140. The number of nitriles is 1. The predicted octanol–water partition coefficient (Wildman–Crippen LogP) is -0.0280. The molecule has 1 aromatic rings. The lowest BCUT2D eigenvalue weighted by Gasteiger charge is -2.27. The van der Waals surface area contributed by atoms with Gasteiger partial charge in [0.1, 0.15) is 6.04 Å². The van der Waals surface area contributed by atoms with E-state index in [9.17, 15) is 9.59 Å². The second kappa shape index (κ2) is 10.5. The molecule has 2 fully saturated rings. The van der Waals surface area contributed by atoms with Crippen molar-refractivity contribution in [1.82, 2.24) is 30.4 Å². The molecule has 3 rings (SSSR count). The largest absolute Gasteiger partial charge is 0.348 e. The Morgan fingerprint density at radius 3 is 2.83 bits per heavy atom. The van der Waals surface area contributed by atoms with Crippen LogP contribution in [0.15, 0.2) is 17.5 Å². The Morgan fingerprint density at radius 2 is 2.10 bits per heavy atom. The van der Waals surface area contributed by atoms with Crippen LogP contribution < -0.4 is 10.6 Å². The summed E-state index contributed by atoms with van der Waals surface area (Å²) in [4.78, 5) is 40.3. The number of aromatic amines is 1. The zero-order valence-corrected chi connectivity index (χ0v) is 16.6. The van der Waals surface area contributed by atoms with E-state index < -0.39 is 6.04 Å². The first-order valence-electron chi connectivity index (χ1n) is 10.2. The zero-order chi connectivity index (χ0) is 20.5. The van der Waals surface area contributed by atoms with Crippen molar-refractivity contribution in [2.24, 2.45) is 4.99 Å². The third kappa shape index (κ3) is 5.94. The van der Waals surface area contributed by atoms with E-state index in [1.807, 2.05) is 11.1 Å². The molecule has 0 radical (unpaired) electrons.